The molecule has 0 radical (unpaired) electrons. The number of hydrogen-bond acceptors (Lipinski definition) is 5. The molecule has 0 aromatic rings. The van der Waals surface area contributed by atoms with E-state index in [2.05, 4.69) is 46.8 Å². The molecule has 1 aliphatic heterocycles. The number of methoxy groups -OCH3 is 1. The molecule has 5 heteroatoms. The molecule has 5 atom stereocenters. The maximum absolute atomic E-state index is 12.2. The molecule has 2 rings (SSSR count). The van der Waals surface area contributed by atoms with Crippen molar-refractivity contribution in [2.24, 2.45) is 35.3 Å². The monoisotopic (exact) mass is 421 g/mol. The fourth-order valence-corrected chi connectivity index (χ4v) is 4.51. The molecule has 1 aliphatic carbocycles. The number of nitrogens with two attached hydrogens (primary N) is 1. The van der Waals surface area contributed by atoms with Crippen LogP contribution in [0.15, 0.2) is 23.7 Å². The highest BCUT2D eigenvalue weighted by atomic mass is 16.6. The summed E-state index contributed by atoms with van der Waals surface area (Å²) in [6.07, 6.45) is 9.86. The predicted octanol–water partition coefficient (Wildman–Crippen LogP) is 5.20. The van der Waals surface area contributed by atoms with Gasteiger partial charge < -0.3 is 19.9 Å². The number of rotatable bonds is 12. The van der Waals surface area contributed by atoms with E-state index in [1.54, 1.807) is 7.11 Å². The van der Waals surface area contributed by atoms with Gasteiger partial charge in [-0.1, -0.05) is 47.1 Å². The molecular formula is C25H43NO4. The molecule has 2 aliphatic rings. The predicted molar refractivity (Wildman–Crippen MR) is 121 cm³/mol. The zero-order valence-corrected chi connectivity index (χ0v) is 19.9. The fraction of sp³-hybridized carbons (Fsp3) is 0.800. The lowest BCUT2D eigenvalue weighted by atomic mass is 9.78. The van der Waals surface area contributed by atoms with E-state index in [1.165, 1.54) is 0 Å². The molecule has 0 aromatic heterocycles. The van der Waals surface area contributed by atoms with Gasteiger partial charge in [-0.25, -0.2) is 0 Å². The van der Waals surface area contributed by atoms with Crippen LogP contribution in [0.5, 0.6) is 0 Å². The first-order chi connectivity index (χ1) is 14.3. The van der Waals surface area contributed by atoms with Crippen LogP contribution in [0.1, 0.15) is 73.1 Å². The minimum Gasteiger partial charge on any atom is -0.494 e. The molecule has 1 heterocycles. The van der Waals surface area contributed by atoms with Gasteiger partial charge in [-0.2, -0.15) is 0 Å². The van der Waals surface area contributed by atoms with Crippen LogP contribution in [0.3, 0.4) is 0 Å². The maximum atomic E-state index is 12.2. The molecule has 1 saturated heterocycles. The van der Waals surface area contributed by atoms with Gasteiger partial charge in [0.05, 0.1) is 19.6 Å². The number of unbranched alkanes of at least 4 members (excludes halogenated alkanes) is 1. The van der Waals surface area contributed by atoms with Gasteiger partial charge in [0.25, 0.3) is 0 Å². The minimum atomic E-state index is -0.152. The molecule has 172 valence electrons. The Kier molecular flexibility index (Phi) is 9.73. The van der Waals surface area contributed by atoms with E-state index in [1.807, 2.05) is 0 Å². The highest BCUT2D eigenvalue weighted by molar-refractivity contribution is 5.75. The summed E-state index contributed by atoms with van der Waals surface area (Å²) in [6.45, 7) is 11.6. The van der Waals surface area contributed by atoms with Gasteiger partial charge in [-0.05, 0) is 55.4 Å². The van der Waals surface area contributed by atoms with Crippen LogP contribution >= 0.6 is 0 Å². The molecule has 2 N–H and O–H groups in total. The highest BCUT2D eigenvalue weighted by Crippen LogP contribution is 2.36. The van der Waals surface area contributed by atoms with Crippen molar-refractivity contribution in [2.75, 3.05) is 13.7 Å². The number of allylic oxidation sites excluding steroid dienone is 3. The molecule has 0 bridgehead atoms. The lowest BCUT2D eigenvalue weighted by Crippen LogP contribution is -2.37. The van der Waals surface area contributed by atoms with E-state index in [9.17, 15) is 4.79 Å². The van der Waals surface area contributed by atoms with Crippen molar-refractivity contribution < 1.29 is 19.0 Å². The van der Waals surface area contributed by atoms with Crippen LogP contribution in [0.2, 0.25) is 0 Å². The Hall–Kier alpha value is -1.49. The largest absolute Gasteiger partial charge is 0.494 e. The van der Waals surface area contributed by atoms with Crippen LogP contribution < -0.4 is 5.73 Å². The van der Waals surface area contributed by atoms with Crippen LogP contribution in [0.25, 0.3) is 0 Å². The Labute approximate surface area is 183 Å². The lowest BCUT2D eigenvalue weighted by molar-refractivity contribution is -0.146. The summed E-state index contributed by atoms with van der Waals surface area (Å²) in [5, 5.41) is 0. The standard InChI is InChI=1S/C25H43NO4/c1-7-8-11-29-24-13-18(9-10-22(24)28-6)12-19(16(2)3)14-21(26)23-15-20(17(4)5)25(27)30-23/h9-10,16-21,23H,7-8,11-15,26H2,1-6H3/t18?,19?,20-,21?,23?/m0/s1. The summed E-state index contributed by atoms with van der Waals surface area (Å²) >= 11 is 0. The van der Waals surface area contributed by atoms with Crippen molar-refractivity contribution in [3.05, 3.63) is 23.7 Å². The smallest absolute Gasteiger partial charge is 0.309 e. The van der Waals surface area contributed by atoms with E-state index >= 15 is 0 Å². The Bertz CT molecular complexity index is 610. The minimum absolute atomic E-state index is 0.0137. The number of carbonyl (C=O) groups is 1. The molecular weight excluding hydrogens is 378 g/mol. The van der Waals surface area contributed by atoms with E-state index < -0.39 is 0 Å². The maximum Gasteiger partial charge on any atom is 0.309 e. The molecule has 0 saturated carbocycles. The molecule has 1 fully saturated rings. The quantitative estimate of drug-likeness (QED) is 0.346. The van der Waals surface area contributed by atoms with Gasteiger partial charge in [-0.15, -0.1) is 0 Å². The Morgan fingerprint density at radius 2 is 2.00 bits per heavy atom. The fourth-order valence-electron chi connectivity index (χ4n) is 4.51. The first-order valence-electron chi connectivity index (χ1n) is 11.8. The van der Waals surface area contributed by atoms with E-state index in [4.69, 9.17) is 19.9 Å². The number of cyclic esters (lactones) is 1. The highest BCUT2D eigenvalue weighted by Gasteiger charge is 2.40. The number of hydrogen-bond donors (Lipinski definition) is 1. The van der Waals surface area contributed by atoms with E-state index in [0.717, 1.165) is 56.7 Å². The topological polar surface area (TPSA) is 70.8 Å². The molecule has 30 heavy (non-hydrogen) atoms. The Balaban J connectivity index is 1.95. The lowest BCUT2D eigenvalue weighted by Gasteiger charge is -2.30. The molecule has 0 spiro atoms. The van der Waals surface area contributed by atoms with Crippen LogP contribution in [0, 0.1) is 29.6 Å². The first kappa shape index (κ1) is 24.8. The average molecular weight is 422 g/mol. The SMILES string of the molecule is CCCCOC1=C(OC)C=CC(CC(CC(N)C2C[C@@H](C(C)C)C(=O)O2)C(C)C)C1. The van der Waals surface area contributed by atoms with Crippen molar-refractivity contribution >= 4 is 5.97 Å². The Morgan fingerprint density at radius 1 is 1.27 bits per heavy atom. The summed E-state index contributed by atoms with van der Waals surface area (Å²) in [5.74, 6) is 3.42. The molecule has 4 unspecified atom stereocenters. The third-order valence-electron chi connectivity index (χ3n) is 6.70. The van der Waals surface area contributed by atoms with Gasteiger partial charge in [0.2, 0.25) is 0 Å². The number of carbonyl (C=O) groups excluding carboxylic acids is 1. The average Bonchev–Trinajstić information content (AvgIpc) is 3.10. The molecule has 0 amide bonds. The van der Waals surface area contributed by atoms with Crippen molar-refractivity contribution in [1.82, 2.24) is 0 Å². The molecule has 0 aromatic carbocycles. The van der Waals surface area contributed by atoms with Crippen molar-refractivity contribution in [2.45, 2.75) is 85.3 Å². The van der Waals surface area contributed by atoms with Gasteiger partial charge in [0, 0.05) is 12.5 Å². The van der Waals surface area contributed by atoms with Crippen LogP contribution in [-0.2, 0) is 19.0 Å². The van der Waals surface area contributed by atoms with Crippen LogP contribution in [-0.4, -0.2) is 31.8 Å². The summed E-state index contributed by atoms with van der Waals surface area (Å²) in [7, 11) is 1.70. The summed E-state index contributed by atoms with van der Waals surface area (Å²) < 4.78 is 17.2. The summed E-state index contributed by atoms with van der Waals surface area (Å²) in [4.78, 5) is 12.2. The zero-order chi connectivity index (χ0) is 22.3. The van der Waals surface area contributed by atoms with Crippen LogP contribution in [0.4, 0.5) is 0 Å². The van der Waals surface area contributed by atoms with Gasteiger partial charge in [-0.3, -0.25) is 4.79 Å². The van der Waals surface area contributed by atoms with Crippen molar-refractivity contribution in [3.63, 3.8) is 0 Å². The summed E-state index contributed by atoms with van der Waals surface area (Å²) in [6, 6.07) is -0.108. The first-order valence-corrected chi connectivity index (χ1v) is 11.8. The van der Waals surface area contributed by atoms with Crippen molar-refractivity contribution in [3.8, 4) is 0 Å². The third-order valence-corrected chi connectivity index (χ3v) is 6.70. The number of esters is 1. The third kappa shape index (κ3) is 6.76. The summed E-state index contributed by atoms with van der Waals surface area (Å²) in [5.41, 5.74) is 6.55. The van der Waals surface area contributed by atoms with Crippen molar-refractivity contribution in [1.29, 1.82) is 0 Å². The van der Waals surface area contributed by atoms with Gasteiger partial charge in [0.15, 0.2) is 5.76 Å². The van der Waals surface area contributed by atoms with E-state index in [0.29, 0.717) is 23.7 Å². The second-order valence-electron chi connectivity index (χ2n) is 9.72. The van der Waals surface area contributed by atoms with Gasteiger partial charge in [0.1, 0.15) is 11.9 Å². The normalized spacial score (nSPS) is 26.3. The Morgan fingerprint density at radius 3 is 2.57 bits per heavy atom. The second-order valence-corrected chi connectivity index (χ2v) is 9.72. The number of ether oxygens (including phenoxy) is 3. The molecule has 5 nitrogen and oxygen atoms in total. The zero-order valence-electron chi connectivity index (χ0n) is 19.9. The second kappa shape index (κ2) is 11.8. The van der Waals surface area contributed by atoms with Gasteiger partial charge >= 0.3 is 5.97 Å². The van der Waals surface area contributed by atoms with E-state index in [-0.39, 0.29) is 24.0 Å².